The van der Waals surface area contributed by atoms with Gasteiger partial charge in [-0.25, -0.2) is 17.1 Å². The summed E-state index contributed by atoms with van der Waals surface area (Å²) in [4.78, 5) is 14.5. The molecule has 0 radical (unpaired) electrons. The van der Waals surface area contributed by atoms with Gasteiger partial charge in [-0.1, -0.05) is 6.07 Å². The van der Waals surface area contributed by atoms with Gasteiger partial charge in [0.25, 0.3) is 0 Å². The molecule has 0 bridgehead atoms. The van der Waals surface area contributed by atoms with Crippen molar-refractivity contribution in [1.82, 2.24) is 9.21 Å². The van der Waals surface area contributed by atoms with E-state index >= 15 is 0 Å². The fourth-order valence-electron chi connectivity index (χ4n) is 4.01. The highest BCUT2D eigenvalue weighted by Crippen LogP contribution is 2.25. The molecule has 0 atom stereocenters. The number of rotatable bonds is 6. The molecule has 0 spiro atoms. The highest BCUT2D eigenvalue weighted by atomic mass is 32.2. The van der Waals surface area contributed by atoms with Gasteiger partial charge in [-0.05, 0) is 42.0 Å². The third kappa shape index (κ3) is 4.91. The molecule has 9 heteroatoms. The molecule has 0 aliphatic carbocycles. The van der Waals surface area contributed by atoms with Crippen LogP contribution in [0.3, 0.4) is 0 Å². The molecule has 0 amide bonds. The Balaban J connectivity index is 1.29. The molecular weight excluding hydrogens is 411 g/mol. The van der Waals surface area contributed by atoms with Crippen LogP contribution < -0.4 is 10.2 Å². The Kier molecular flexibility index (Phi) is 5.95. The van der Waals surface area contributed by atoms with E-state index in [1.165, 1.54) is 29.0 Å². The molecule has 1 aromatic carbocycles. The van der Waals surface area contributed by atoms with Crippen molar-refractivity contribution in [3.05, 3.63) is 63.5 Å². The van der Waals surface area contributed by atoms with Crippen molar-refractivity contribution < 1.29 is 22.0 Å². The summed E-state index contributed by atoms with van der Waals surface area (Å²) in [7, 11) is -3.15. The summed E-state index contributed by atoms with van der Waals surface area (Å²) in [6.45, 7) is 3.06. The first-order chi connectivity index (χ1) is 14.3. The standard InChI is InChI=1S/C21H25FN2O5S/c1-30(26,27)24-6-4-15(5-7-24)13-29-21-14-28-19(9-20(21)25)12-23-10-16-2-3-18(22)8-17(16)11-23/h2-3,8-9,14-15H,4-7,10-13H2,1H3. The maximum atomic E-state index is 13.4. The summed E-state index contributed by atoms with van der Waals surface area (Å²) in [5, 5.41) is 0. The van der Waals surface area contributed by atoms with Crippen LogP contribution in [0.1, 0.15) is 29.7 Å². The van der Waals surface area contributed by atoms with Crippen LogP contribution in [-0.4, -0.2) is 43.6 Å². The summed E-state index contributed by atoms with van der Waals surface area (Å²) in [6, 6.07) is 6.23. The molecule has 0 N–H and O–H groups in total. The smallest absolute Gasteiger partial charge is 0.227 e. The van der Waals surface area contributed by atoms with E-state index in [1.807, 2.05) is 0 Å². The van der Waals surface area contributed by atoms with Crippen LogP contribution in [0.25, 0.3) is 0 Å². The number of halogens is 1. The molecule has 7 nitrogen and oxygen atoms in total. The van der Waals surface area contributed by atoms with Crippen molar-refractivity contribution in [2.75, 3.05) is 26.0 Å². The average molecular weight is 437 g/mol. The van der Waals surface area contributed by atoms with Crippen LogP contribution in [0.2, 0.25) is 0 Å². The first-order valence-electron chi connectivity index (χ1n) is 9.97. The second-order valence-electron chi connectivity index (χ2n) is 8.05. The molecule has 30 heavy (non-hydrogen) atoms. The van der Waals surface area contributed by atoms with Crippen LogP contribution in [0.15, 0.2) is 39.7 Å². The van der Waals surface area contributed by atoms with Gasteiger partial charge in [0.1, 0.15) is 17.8 Å². The van der Waals surface area contributed by atoms with Gasteiger partial charge in [0.05, 0.1) is 19.4 Å². The monoisotopic (exact) mass is 436 g/mol. The Hall–Kier alpha value is -2.23. The zero-order chi connectivity index (χ0) is 21.3. The summed E-state index contributed by atoms with van der Waals surface area (Å²) < 4.78 is 49.2. The lowest BCUT2D eigenvalue weighted by atomic mass is 9.99. The van der Waals surface area contributed by atoms with Gasteiger partial charge in [0, 0.05) is 32.2 Å². The molecule has 0 saturated carbocycles. The highest BCUT2D eigenvalue weighted by molar-refractivity contribution is 7.88. The first kappa shape index (κ1) is 21.0. The molecule has 0 unspecified atom stereocenters. The van der Waals surface area contributed by atoms with Crippen molar-refractivity contribution in [3.8, 4) is 5.75 Å². The second-order valence-corrected chi connectivity index (χ2v) is 10.0. The lowest BCUT2D eigenvalue weighted by Crippen LogP contribution is -2.39. The number of fused-ring (bicyclic) bond motifs is 1. The van der Waals surface area contributed by atoms with Gasteiger partial charge in [-0.2, -0.15) is 0 Å². The molecule has 1 aromatic heterocycles. The highest BCUT2D eigenvalue weighted by Gasteiger charge is 2.25. The van der Waals surface area contributed by atoms with Crippen molar-refractivity contribution in [1.29, 1.82) is 0 Å². The van der Waals surface area contributed by atoms with Gasteiger partial charge >= 0.3 is 0 Å². The van der Waals surface area contributed by atoms with Crippen molar-refractivity contribution >= 4 is 10.0 Å². The topological polar surface area (TPSA) is 80.1 Å². The normalized spacial score (nSPS) is 18.5. The quantitative estimate of drug-likeness (QED) is 0.692. The van der Waals surface area contributed by atoms with E-state index in [4.69, 9.17) is 9.15 Å². The lowest BCUT2D eigenvalue weighted by Gasteiger charge is -2.29. The third-order valence-electron chi connectivity index (χ3n) is 5.70. The molecule has 2 aliphatic heterocycles. The fourth-order valence-corrected chi connectivity index (χ4v) is 4.88. The van der Waals surface area contributed by atoms with E-state index in [9.17, 15) is 17.6 Å². The van der Waals surface area contributed by atoms with Gasteiger partial charge in [0.15, 0.2) is 0 Å². The zero-order valence-corrected chi connectivity index (χ0v) is 17.7. The van der Waals surface area contributed by atoms with Crippen LogP contribution in [-0.2, 0) is 29.7 Å². The fraction of sp³-hybridized carbons (Fsp3) is 0.476. The minimum atomic E-state index is -3.15. The molecule has 1 saturated heterocycles. The molecule has 3 heterocycles. The Labute approximate surface area is 175 Å². The van der Waals surface area contributed by atoms with Crippen LogP contribution in [0.4, 0.5) is 4.39 Å². The van der Waals surface area contributed by atoms with E-state index in [1.54, 1.807) is 12.1 Å². The van der Waals surface area contributed by atoms with Gasteiger partial charge in [-0.15, -0.1) is 0 Å². The minimum Gasteiger partial charge on any atom is -0.486 e. The SMILES string of the molecule is CS(=O)(=O)N1CCC(COc2coc(CN3Cc4ccc(F)cc4C3)cc2=O)CC1. The van der Waals surface area contributed by atoms with Gasteiger partial charge in [-0.3, -0.25) is 9.69 Å². The molecule has 4 rings (SSSR count). The molecule has 2 aliphatic rings. The summed E-state index contributed by atoms with van der Waals surface area (Å²) in [5.74, 6) is 0.648. The predicted octanol–water partition coefficient (Wildman–Crippen LogP) is 2.35. The first-order valence-corrected chi connectivity index (χ1v) is 11.8. The van der Waals surface area contributed by atoms with Crippen molar-refractivity contribution in [3.63, 3.8) is 0 Å². The largest absolute Gasteiger partial charge is 0.486 e. The second kappa shape index (κ2) is 8.49. The van der Waals surface area contributed by atoms with E-state index in [0.717, 1.165) is 11.1 Å². The number of piperidine rings is 1. The van der Waals surface area contributed by atoms with E-state index in [-0.39, 0.29) is 22.9 Å². The summed E-state index contributed by atoms with van der Waals surface area (Å²) in [5.41, 5.74) is 1.80. The molecule has 1 fully saturated rings. The number of benzene rings is 1. The van der Waals surface area contributed by atoms with E-state index < -0.39 is 10.0 Å². The van der Waals surface area contributed by atoms with Gasteiger partial charge < -0.3 is 9.15 Å². The van der Waals surface area contributed by atoms with Crippen LogP contribution in [0, 0.1) is 11.7 Å². The van der Waals surface area contributed by atoms with E-state index in [0.29, 0.717) is 57.9 Å². The number of hydrogen-bond donors (Lipinski definition) is 0. The maximum Gasteiger partial charge on any atom is 0.227 e. The Morgan fingerprint density at radius 1 is 1.17 bits per heavy atom. The predicted molar refractivity (Wildman–Crippen MR) is 109 cm³/mol. The Morgan fingerprint density at radius 2 is 1.90 bits per heavy atom. The summed E-state index contributed by atoms with van der Waals surface area (Å²) >= 11 is 0. The molecule has 2 aromatic rings. The minimum absolute atomic E-state index is 0.163. The van der Waals surface area contributed by atoms with Crippen LogP contribution in [0.5, 0.6) is 5.75 Å². The van der Waals surface area contributed by atoms with Crippen molar-refractivity contribution in [2.24, 2.45) is 5.92 Å². The number of ether oxygens (including phenoxy) is 1. The number of sulfonamides is 1. The third-order valence-corrected chi connectivity index (χ3v) is 7.01. The summed E-state index contributed by atoms with van der Waals surface area (Å²) in [6.07, 6.45) is 3.96. The van der Waals surface area contributed by atoms with E-state index in [2.05, 4.69) is 4.90 Å². The maximum absolute atomic E-state index is 13.4. The zero-order valence-electron chi connectivity index (χ0n) is 16.8. The lowest BCUT2D eigenvalue weighted by molar-refractivity contribution is 0.180. The molecular formula is C21H25FN2O5S. The average Bonchev–Trinajstić information content (AvgIpc) is 3.08. The number of hydrogen-bond acceptors (Lipinski definition) is 6. The Bertz CT molecular complexity index is 1080. The molecule has 162 valence electrons. The Morgan fingerprint density at radius 3 is 2.60 bits per heavy atom. The van der Waals surface area contributed by atoms with Crippen LogP contribution >= 0.6 is 0 Å². The van der Waals surface area contributed by atoms with Gasteiger partial charge in [0.2, 0.25) is 21.2 Å². The van der Waals surface area contributed by atoms with Crippen molar-refractivity contribution in [2.45, 2.75) is 32.5 Å². The number of nitrogens with zero attached hydrogens (tertiary/aromatic N) is 2.